The van der Waals surface area contributed by atoms with Gasteiger partial charge in [0.2, 0.25) is 0 Å². The summed E-state index contributed by atoms with van der Waals surface area (Å²) in [6, 6.07) is 5.69. The highest BCUT2D eigenvalue weighted by Gasteiger charge is 2.08. The van der Waals surface area contributed by atoms with E-state index in [1.54, 1.807) is 19.4 Å². The van der Waals surface area contributed by atoms with Gasteiger partial charge in [0.25, 0.3) is 0 Å². The van der Waals surface area contributed by atoms with Gasteiger partial charge in [0.15, 0.2) is 5.78 Å². The standard InChI is InChI=1S/C15H18N2O2/c1-12-4-5-15(14(10-12)13(2)18)19-9-3-7-17-8-6-16-11-17/h4-6,8,10-11H,3,7,9H2,1-2H3. The normalized spacial score (nSPS) is 10.4. The van der Waals surface area contributed by atoms with Crippen molar-refractivity contribution in [2.24, 2.45) is 0 Å². The van der Waals surface area contributed by atoms with Crippen LogP contribution in [0.15, 0.2) is 36.9 Å². The first-order chi connectivity index (χ1) is 9.16. The number of hydrogen-bond donors (Lipinski definition) is 0. The van der Waals surface area contributed by atoms with Crippen molar-refractivity contribution >= 4 is 5.78 Å². The zero-order chi connectivity index (χ0) is 13.7. The first kappa shape index (κ1) is 13.3. The lowest BCUT2D eigenvalue weighted by Crippen LogP contribution is -2.06. The van der Waals surface area contributed by atoms with E-state index in [9.17, 15) is 4.79 Å². The van der Waals surface area contributed by atoms with E-state index >= 15 is 0 Å². The number of ether oxygens (including phenoxy) is 1. The summed E-state index contributed by atoms with van der Waals surface area (Å²) in [5.74, 6) is 0.706. The molecule has 0 saturated heterocycles. The van der Waals surface area contributed by atoms with Crippen molar-refractivity contribution in [1.82, 2.24) is 9.55 Å². The monoisotopic (exact) mass is 258 g/mol. The molecule has 1 heterocycles. The average molecular weight is 258 g/mol. The molecule has 0 fully saturated rings. The summed E-state index contributed by atoms with van der Waals surface area (Å²) in [5.41, 5.74) is 1.72. The molecule has 0 N–H and O–H groups in total. The van der Waals surface area contributed by atoms with Crippen LogP contribution in [-0.2, 0) is 6.54 Å². The van der Waals surface area contributed by atoms with Crippen LogP contribution in [0.25, 0.3) is 0 Å². The molecular formula is C15H18N2O2. The summed E-state index contributed by atoms with van der Waals surface area (Å²) < 4.78 is 7.70. The van der Waals surface area contributed by atoms with Gasteiger partial charge in [-0.15, -0.1) is 0 Å². The number of imidazole rings is 1. The van der Waals surface area contributed by atoms with Gasteiger partial charge in [-0.3, -0.25) is 4.79 Å². The van der Waals surface area contributed by atoms with E-state index in [0.717, 1.165) is 18.5 Å². The van der Waals surface area contributed by atoms with E-state index in [-0.39, 0.29) is 5.78 Å². The zero-order valence-electron chi connectivity index (χ0n) is 11.3. The number of carbonyl (C=O) groups excluding carboxylic acids is 1. The number of benzene rings is 1. The second-order valence-corrected chi connectivity index (χ2v) is 4.56. The summed E-state index contributed by atoms with van der Waals surface area (Å²) >= 11 is 0. The Labute approximate surface area is 113 Å². The molecule has 4 nitrogen and oxygen atoms in total. The van der Waals surface area contributed by atoms with Crippen LogP contribution in [0.5, 0.6) is 5.75 Å². The van der Waals surface area contributed by atoms with Crippen molar-refractivity contribution in [2.45, 2.75) is 26.8 Å². The lowest BCUT2D eigenvalue weighted by Gasteiger charge is -2.10. The Balaban J connectivity index is 1.90. The van der Waals surface area contributed by atoms with Gasteiger partial charge in [0, 0.05) is 18.9 Å². The lowest BCUT2D eigenvalue weighted by atomic mass is 10.1. The highest BCUT2D eigenvalue weighted by Crippen LogP contribution is 2.20. The topological polar surface area (TPSA) is 44.1 Å². The number of Topliss-reactive ketones (excluding diaryl/α,β-unsaturated/α-hetero) is 1. The maximum atomic E-state index is 11.5. The van der Waals surface area contributed by atoms with Crippen LogP contribution in [0.1, 0.15) is 29.3 Å². The Bertz CT molecular complexity index is 547. The molecule has 0 spiro atoms. The van der Waals surface area contributed by atoms with Crippen LogP contribution in [-0.4, -0.2) is 21.9 Å². The van der Waals surface area contributed by atoms with Crippen molar-refractivity contribution < 1.29 is 9.53 Å². The molecule has 2 aromatic rings. The second kappa shape index (κ2) is 6.18. The molecule has 19 heavy (non-hydrogen) atoms. The van der Waals surface area contributed by atoms with Crippen molar-refractivity contribution in [3.63, 3.8) is 0 Å². The minimum Gasteiger partial charge on any atom is -0.493 e. The Kier molecular flexibility index (Phi) is 4.34. The molecule has 0 radical (unpaired) electrons. The molecule has 1 aromatic heterocycles. The van der Waals surface area contributed by atoms with Crippen LogP contribution in [0.2, 0.25) is 0 Å². The molecule has 2 rings (SSSR count). The van der Waals surface area contributed by atoms with Gasteiger partial charge < -0.3 is 9.30 Å². The molecule has 0 saturated carbocycles. The summed E-state index contributed by atoms with van der Waals surface area (Å²) in [5, 5.41) is 0. The fourth-order valence-corrected chi connectivity index (χ4v) is 1.89. The third-order valence-electron chi connectivity index (χ3n) is 2.89. The Hall–Kier alpha value is -2.10. The van der Waals surface area contributed by atoms with Gasteiger partial charge >= 0.3 is 0 Å². The molecule has 0 atom stereocenters. The Morgan fingerprint density at radius 2 is 2.26 bits per heavy atom. The first-order valence-corrected chi connectivity index (χ1v) is 6.37. The third-order valence-corrected chi connectivity index (χ3v) is 2.89. The molecule has 0 aliphatic heterocycles. The quantitative estimate of drug-likeness (QED) is 0.591. The Morgan fingerprint density at radius 3 is 2.95 bits per heavy atom. The van der Waals surface area contributed by atoms with Gasteiger partial charge in [-0.2, -0.15) is 0 Å². The van der Waals surface area contributed by atoms with Crippen LogP contribution >= 0.6 is 0 Å². The zero-order valence-corrected chi connectivity index (χ0v) is 11.3. The SMILES string of the molecule is CC(=O)c1cc(C)ccc1OCCCn1ccnc1. The average Bonchev–Trinajstić information content (AvgIpc) is 2.89. The minimum atomic E-state index is 0.0355. The van der Waals surface area contributed by atoms with Gasteiger partial charge in [0.05, 0.1) is 18.5 Å². The maximum Gasteiger partial charge on any atom is 0.163 e. The number of rotatable bonds is 6. The van der Waals surface area contributed by atoms with E-state index in [2.05, 4.69) is 4.98 Å². The fraction of sp³-hybridized carbons (Fsp3) is 0.333. The van der Waals surface area contributed by atoms with Crippen LogP contribution < -0.4 is 4.74 Å². The smallest absolute Gasteiger partial charge is 0.163 e. The molecule has 0 unspecified atom stereocenters. The van der Waals surface area contributed by atoms with E-state index in [4.69, 9.17) is 4.74 Å². The second-order valence-electron chi connectivity index (χ2n) is 4.56. The molecule has 1 aromatic carbocycles. The van der Waals surface area contributed by atoms with Crippen molar-refractivity contribution in [3.8, 4) is 5.75 Å². The molecule has 100 valence electrons. The van der Waals surface area contributed by atoms with Gasteiger partial charge in [-0.25, -0.2) is 4.98 Å². The van der Waals surface area contributed by atoms with Crippen LogP contribution in [0.3, 0.4) is 0 Å². The summed E-state index contributed by atoms with van der Waals surface area (Å²) in [7, 11) is 0. The number of hydrogen-bond acceptors (Lipinski definition) is 3. The predicted octanol–water partition coefficient (Wildman–Crippen LogP) is 2.86. The van der Waals surface area contributed by atoms with E-state index in [0.29, 0.717) is 17.9 Å². The number of carbonyl (C=O) groups is 1. The van der Waals surface area contributed by atoms with Gasteiger partial charge in [-0.05, 0) is 32.4 Å². The van der Waals surface area contributed by atoms with Gasteiger partial charge in [0.1, 0.15) is 5.75 Å². The van der Waals surface area contributed by atoms with E-state index in [1.165, 1.54) is 0 Å². The van der Waals surface area contributed by atoms with Crippen molar-refractivity contribution in [3.05, 3.63) is 48.0 Å². The number of aryl methyl sites for hydroxylation is 2. The van der Waals surface area contributed by atoms with Crippen LogP contribution in [0, 0.1) is 6.92 Å². The predicted molar refractivity (Wildman–Crippen MR) is 73.5 cm³/mol. The molecule has 0 aliphatic carbocycles. The minimum absolute atomic E-state index is 0.0355. The van der Waals surface area contributed by atoms with E-state index < -0.39 is 0 Å². The molecule has 0 aliphatic rings. The summed E-state index contributed by atoms with van der Waals surface area (Å²) in [6.45, 7) is 4.98. The van der Waals surface area contributed by atoms with Crippen molar-refractivity contribution in [2.75, 3.05) is 6.61 Å². The number of ketones is 1. The highest BCUT2D eigenvalue weighted by atomic mass is 16.5. The number of nitrogens with zero attached hydrogens (tertiary/aromatic N) is 2. The third kappa shape index (κ3) is 3.68. The molecule has 4 heteroatoms. The first-order valence-electron chi connectivity index (χ1n) is 6.37. The van der Waals surface area contributed by atoms with Crippen LogP contribution in [0.4, 0.5) is 0 Å². The largest absolute Gasteiger partial charge is 0.493 e. The Morgan fingerprint density at radius 1 is 1.42 bits per heavy atom. The molecule has 0 amide bonds. The van der Waals surface area contributed by atoms with E-state index in [1.807, 2.05) is 35.9 Å². The van der Waals surface area contributed by atoms with Crippen molar-refractivity contribution in [1.29, 1.82) is 0 Å². The van der Waals surface area contributed by atoms with Gasteiger partial charge in [-0.1, -0.05) is 11.6 Å². The number of aromatic nitrogens is 2. The maximum absolute atomic E-state index is 11.5. The molecule has 0 bridgehead atoms. The summed E-state index contributed by atoms with van der Waals surface area (Å²) in [4.78, 5) is 15.5. The summed E-state index contributed by atoms with van der Waals surface area (Å²) in [6.07, 6.45) is 6.34. The lowest BCUT2D eigenvalue weighted by molar-refractivity contribution is 0.101. The molecular weight excluding hydrogens is 240 g/mol. The fourth-order valence-electron chi connectivity index (χ4n) is 1.89. The highest BCUT2D eigenvalue weighted by molar-refractivity contribution is 5.97.